The van der Waals surface area contributed by atoms with E-state index < -0.39 is 0 Å². The maximum atomic E-state index is 11.2. The highest BCUT2D eigenvalue weighted by atomic mass is 16.5. The molecule has 1 aliphatic heterocycles. The number of primary amides is 1. The van der Waals surface area contributed by atoms with Crippen molar-refractivity contribution in [2.45, 2.75) is 57.6 Å². The molecule has 0 bridgehead atoms. The van der Waals surface area contributed by atoms with E-state index in [1.807, 2.05) is 12.1 Å². The molecule has 148 valence electrons. The van der Waals surface area contributed by atoms with Gasteiger partial charge in [-0.15, -0.1) is 0 Å². The van der Waals surface area contributed by atoms with Crippen LogP contribution in [-0.2, 0) is 11.3 Å². The molecule has 7 nitrogen and oxygen atoms in total. The molecule has 1 saturated carbocycles. The molecular formula is C20H31N5O2. The van der Waals surface area contributed by atoms with Crippen LogP contribution >= 0.6 is 0 Å². The van der Waals surface area contributed by atoms with Crippen molar-refractivity contribution in [2.24, 2.45) is 16.6 Å². The second-order valence-corrected chi connectivity index (χ2v) is 7.55. The predicted molar refractivity (Wildman–Crippen MR) is 105 cm³/mol. The lowest BCUT2D eigenvalue weighted by Crippen LogP contribution is -2.46. The Kier molecular flexibility index (Phi) is 6.90. The number of piperidine rings is 1. The highest BCUT2D eigenvalue weighted by molar-refractivity contribution is 5.80. The van der Waals surface area contributed by atoms with Crippen LogP contribution < -0.4 is 15.8 Å². The van der Waals surface area contributed by atoms with E-state index in [9.17, 15) is 4.79 Å². The zero-order valence-corrected chi connectivity index (χ0v) is 16.2. The molecule has 27 heavy (non-hydrogen) atoms. The number of amides is 1. The summed E-state index contributed by atoms with van der Waals surface area (Å²) in [6.45, 7) is 2.42. The number of ether oxygens (including phenoxy) is 1. The van der Waals surface area contributed by atoms with Gasteiger partial charge in [-0.25, -0.2) is 4.98 Å². The van der Waals surface area contributed by atoms with Crippen molar-refractivity contribution in [1.82, 2.24) is 15.2 Å². The number of hydrogen-bond acceptors (Lipinski definition) is 4. The topological polar surface area (TPSA) is 92.8 Å². The predicted octanol–water partition coefficient (Wildman–Crippen LogP) is 2.07. The Balaban J connectivity index is 1.53. The van der Waals surface area contributed by atoms with E-state index in [0.29, 0.717) is 30.9 Å². The second-order valence-electron chi connectivity index (χ2n) is 7.55. The van der Waals surface area contributed by atoms with Crippen LogP contribution in [-0.4, -0.2) is 48.0 Å². The first-order chi connectivity index (χ1) is 13.1. The summed E-state index contributed by atoms with van der Waals surface area (Å²) in [5.41, 5.74) is 6.48. The lowest BCUT2D eigenvalue weighted by Gasteiger charge is -2.34. The lowest BCUT2D eigenvalue weighted by atomic mass is 9.95. The van der Waals surface area contributed by atoms with Crippen LogP contribution in [0.1, 0.15) is 50.5 Å². The average Bonchev–Trinajstić information content (AvgIpc) is 3.15. The minimum atomic E-state index is -0.226. The molecule has 0 radical (unpaired) electrons. The van der Waals surface area contributed by atoms with E-state index in [-0.39, 0.29) is 5.91 Å². The average molecular weight is 374 g/mol. The third-order valence-corrected chi connectivity index (χ3v) is 5.36. The number of nitrogens with two attached hydrogens (primary N) is 1. The Hall–Kier alpha value is -2.31. The highest BCUT2D eigenvalue weighted by Crippen LogP contribution is 2.23. The van der Waals surface area contributed by atoms with Gasteiger partial charge in [-0.1, -0.05) is 0 Å². The molecule has 2 aliphatic rings. The Morgan fingerprint density at radius 3 is 2.93 bits per heavy atom. The fourth-order valence-electron chi connectivity index (χ4n) is 4.02. The first-order valence-electron chi connectivity index (χ1n) is 9.99. The number of nitrogens with zero attached hydrogens (tertiary/aromatic N) is 3. The molecule has 1 aromatic heterocycles. The number of aliphatic imine (C=N–C) groups is 1. The molecule has 0 spiro atoms. The van der Waals surface area contributed by atoms with Crippen molar-refractivity contribution >= 4 is 11.9 Å². The third kappa shape index (κ3) is 5.84. The van der Waals surface area contributed by atoms with E-state index in [2.05, 4.69) is 20.2 Å². The molecule has 3 rings (SSSR count). The smallest absolute Gasteiger partial charge is 0.217 e. The normalized spacial score (nSPS) is 21.3. The fraction of sp³-hybridized carbons (Fsp3) is 0.650. The number of rotatable bonds is 6. The quantitative estimate of drug-likeness (QED) is 0.588. The summed E-state index contributed by atoms with van der Waals surface area (Å²) in [6, 6.07) is 4.00. The largest absolute Gasteiger partial charge is 0.474 e. The molecule has 3 N–H and O–H groups in total. The van der Waals surface area contributed by atoms with Gasteiger partial charge >= 0.3 is 0 Å². The monoisotopic (exact) mass is 373 g/mol. The number of hydrogen-bond donors (Lipinski definition) is 2. The molecule has 1 aliphatic carbocycles. The summed E-state index contributed by atoms with van der Waals surface area (Å²) in [5.74, 6) is 1.65. The molecular weight excluding hydrogens is 342 g/mol. The lowest BCUT2D eigenvalue weighted by molar-refractivity contribution is -0.119. The van der Waals surface area contributed by atoms with Crippen LogP contribution in [0.15, 0.2) is 23.3 Å². The van der Waals surface area contributed by atoms with Gasteiger partial charge in [0.05, 0.1) is 0 Å². The zero-order chi connectivity index (χ0) is 19.1. The van der Waals surface area contributed by atoms with E-state index >= 15 is 0 Å². The van der Waals surface area contributed by atoms with E-state index in [4.69, 9.17) is 10.5 Å². The molecule has 1 aromatic rings. The maximum Gasteiger partial charge on any atom is 0.217 e. The fourth-order valence-corrected chi connectivity index (χ4v) is 4.02. The van der Waals surface area contributed by atoms with Gasteiger partial charge in [-0.2, -0.15) is 0 Å². The Labute approximate surface area is 161 Å². The van der Waals surface area contributed by atoms with E-state index in [0.717, 1.165) is 50.3 Å². The van der Waals surface area contributed by atoms with Gasteiger partial charge in [0, 0.05) is 45.4 Å². The van der Waals surface area contributed by atoms with Crippen LogP contribution in [0.5, 0.6) is 5.88 Å². The number of guanidine groups is 1. The van der Waals surface area contributed by atoms with Crippen molar-refractivity contribution in [3.63, 3.8) is 0 Å². The Morgan fingerprint density at radius 1 is 1.37 bits per heavy atom. The summed E-state index contributed by atoms with van der Waals surface area (Å²) in [7, 11) is 1.79. The number of likely N-dealkylation sites (tertiary alicyclic amines) is 1. The molecule has 1 amide bonds. The van der Waals surface area contributed by atoms with Gasteiger partial charge in [0.25, 0.3) is 0 Å². The minimum Gasteiger partial charge on any atom is -0.474 e. The van der Waals surface area contributed by atoms with Crippen LogP contribution in [0.4, 0.5) is 0 Å². The highest BCUT2D eigenvalue weighted by Gasteiger charge is 2.23. The molecule has 1 atom stereocenters. The van der Waals surface area contributed by atoms with Crippen molar-refractivity contribution in [2.75, 3.05) is 20.1 Å². The number of nitrogens with one attached hydrogen (secondary N) is 1. The van der Waals surface area contributed by atoms with Crippen molar-refractivity contribution < 1.29 is 9.53 Å². The molecule has 1 saturated heterocycles. The summed E-state index contributed by atoms with van der Waals surface area (Å²) < 4.78 is 5.99. The molecule has 2 fully saturated rings. The number of aromatic nitrogens is 1. The van der Waals surface area contributed by atoms with Crippen molar-refractivity contribution in [1.29, 1.82) is 0 Å². The first-order valence-corrected chi connectivity index (χ1v) is 9.99. The minimum absolute atomic E-state index is 0.226. The molecule has 7 heteroatoms. The number of carbonyl (C=O) groups excluding carboxylic acids is 1. The molecule has 0 aromatic carbocycles. The van der Waals surface area contributed by atoms with E-state index in [1.54, 1.807) is 13.2 Å². The summed E-state index contributed by atoms with van der Waals surface area (Å²) in [4.78, 5) is 22.2. The van der Waals surface area contributed by atoms with Gasteiger partial charge in [-0.05, 0) is 56.1 Å². The summed E-state index contributed by atoms with van der Waals surface area (Å²) in [6.07, 6.45) is 9.38. The summed E-state index contributed by atoms with van der Waals surface area (Å²) in [5, 5.41) is 3.43. The van der Waals surface area contributed by atoms with Crippen LogP contribution in [0.2, 0.25) is 0 Å². The Bertz CT molecular complexity index is 658. The first kappa shape index (κ1) is 19.5. The number of carbonyl (C=O) groups is 1. The van der Waals surface area contributed by atoms with E-state index in [1.165, 1.54) is 12.8 Å². The third-order valence-electron chi connectivity index (χ3n) is 5.36. The van der Waals surface area contributed by atoms with Crippen LogP contribution in [0, 0.1) is 5.92 Å². The van der Waals surface area contributed by atoms with Crippen LogP contribution in [0.3, 0.4) is 0 Å². The van der Waals surface area contributed by atoms with Gasteiger partial charge in [0.1, 0.15) is 6.10 Å². The maximum absolute atomic E-state index is 11.2. The van der Waals surface area contributed by atoms with Gasteiger partial charge in [-0.3, -0.25) is 9.79 Å². The second kappa shape index (κ2) is 9.58. The number of pyridine rings is 1. The SMILES string of the molecule is CN=C(NCc1ccnc(OC2CCCC2)c1)N1CCCC(CC(N)=O)C1. The molecule has 1 unspecified atom stereocenters. The van der Waals surface area contributed by atoms with Gasteiger partial charge in [0.15, 0.2) is 5.96 Å². The van der Waals surface area contributed by atoms with Crippen LogP contribution in [0.25, 0.3) is 0 Å². The van der Waals surface area contributed by atoms with Gasteiger partial charge < -0.3 is 20.7 Å². The Morgan fingerprint density at radius 2 is 2.19 bits per heavy atom. The van der Waals surface area contributed by atoms with Gasteiger partial charge in [0.2, 0.25) is 11.8 Å². The van der Waals surface area contributed by atoms with Crippen molar-refractivity contribution in [3.05, 3.63) is 23.9 Å². The zero-order valence-electron chi connectivity index (χ0n) is 16.2. The summed E-state index contributed by atoms with van der Waals surface area (Å²) >= 11 is 0. The standard InChI is InChI=1S/C20H31N5O2/c1-22-20(25-10-4-5-16(14-25)11-18(21)26)24-13-15-8-9-23-19(12-15)27-17-6-2-3-7-17/h8-9,12,16-17H,2-7,10-11,13-14H2,1H3,(H2,21,26)(H,22,24). The van der Waals surface area contributed by atoms with Crippen molar-refractivity contribution in [3.8, 4) is 5.88 Å². The molecule has 2 heterocycles.